The Bertz CT molecular complexity index is 1470. The Hall–Kier alpha value is -3.79. The Morgan fingerprint density at radius 3 is 2.61 bits per heavy atom. The van der Waals surface area contributed by atoms with Gasteiger partial charge in [-0.15, -0.1) is 0 Å². The highest BCUT2D eigenvalue weighted by Gasteiger charge is 2.27. The first kappa shape index (κ1) is 27.3. The quantitative estimate of drug-likeness (QED) is 0.452. The summed E-state index contributed by atoms with van der Waals surface area (Å²) < 4.78 is 46.6. The molecule has 38 heavy (non-hydrogen) atoms. The average Bonchev–Trinajstić information content (AvgIpc) is 3.12. The maximum atomic E-state index is 15.3. The van der Waals surface area contributed by atoms with E-state index in [9.17, 15) is 18.0 Å². The summed E-state index contributed by atoms with van der Waals surface area (Å²) in [7, 11) is -3.95. The van der Waals surface area contributed by atoms with Crippen LogP contribution in [0.5, 0.6) is 5.75 Å². The van der Waals surface area contributed by atoms with Crippen molar-refractivity contribution >= 4 is 27.3 Å². The van der Waals surface area contributed by atoms with Crippen molar-refractivity contribution in [2.45, 2.75) is 44.6 Å². The third-order valence-electron chi connectivity index (χ3n) is 6.63. The Labute approximate surface area is 221 Å². The van der Waals surface area contributed by atoms with Crippen LogP contribution >= 0.6 is 0 Å². The first-order chi connectivity index (χ1) is 18.1. The van der Waals surface area contributed by atoms with E-state index in [2.05, 4.69) is 4.98 Å². The van der Waals surface area contributed by atoms with Crippen LogP contribution in [0, 0.1) is 12.7 Å². The van der Waals surface area contributed by atoms with Crippen LogP contribution in [0.1, 0.15) is 47.7 Å². The second kappa shape index (κ2) is 11.3. The van der Waals surface area contributed by atoms with Crippen LogP contribution in [0.25, 0.3) is 11.1 Å². The number of benzene rings is 2. The molecule has 2 aromatic carbocycles. The van der Waals surface area contributed by atoms with Gasteiger partial charge in [0.05, 0.1) is 12.3 Å². The molecular formula is C28H30FN3O5S. The number of sulfone groups is 1. The van der Waals surface area contributed by atoms with Crippen molar-refractivity contribution < 1.29 is 27.1 Å². The van der Waals surface area contributed by atoms with Crippen molar-refractivity contribution in [3.05, 3.63) is 71.2 Å². The molecule has 0 bridgehead atoms. The molecule has 0 spiro atoms. The fourth-order valence-corrected chi connectivity index (χ4v) is 5.82. The van der Waals surface area contributed by atoms with Crippen molar-refractivity contribution in [2.75, 3.05) is 24.6 Å². The summed E-state index contributed by atoms with van der Waals surface area (Å²) in [5.74, 6) is -0.681. The molecule has 1 aliphatic rings. The smallest absolute Gasteiger partial charge is 0.254 e. The van der Waals surface area contributed by atoms with Gasteiger partial charge in [0.1, 0.15) is 34.7 Å². The number of nitrogens with zero attached hydrogens (tertiary/aromatic N) is 2. The molecular weight excluding hydrogens is 509 g/mol. The zero-order valence-electron chi connectivity index (χ0n) is 21.4. The van der Waals surface area contributed by atoms with Gasteiger partial charge in [-0.3, -0.25) is 9.59 Å². The molecule has 2 heterocycles. The number of carbonyl (C=O) groups excluding carboxylic acids is 2. The van der Waals surface area contributed by atoms with Crippen molar-refractivity contribution in [1.82, 2.24) is 9.88 Å². The molecule has 0 saturated carbocycles. The molecule has 1 aromatic heterocycles. The fraction of sp³-hybridized carbons (Fsp3) is 0.321. The molecule has 0 atom stereocenters. The minimum atomic E-state index is -3.95. The molecule has 0 fully saturated rings. The Kier molecular flexibility index (Phi) is 8.11. The number of amides is 1. The van der Waals surface area contributed by atoms with E-state index < -0.39 is 26.5 Å². The number of anilines is 1. The summed E-state index contributed by atoms with van der Waals surface area (Å²) in [6, 6.07) is 11.7. The zero-order chi connectivity index (χ0) is 27.4. The maximum absolute atomic E-state index is 15.3. The first-order valence-electron chi connectivity index (χ1n) is 12.4. The number of hydrogen-bond donors (Lipinski definition) is 1. The van der Waals surface area contributed by atoms with Crippen LogP contribution < -0.4 is 10.5 Å². The lowest BCUT2D eigenvalue weighted by molar-refractivity contribution is -0.118. The second-order valence-corrected chi connectivity index (χ2v) is 11.3. The van der Waals surface area contributed by atoms with E-state index in [0.717, 1.165) is 22.8 Å². The largest absolute Gasteiger partial charge is 0.491 e. The summed E-state index contributed by atoms with van der Waals surface area (Å²) in [5, 5.41) is 0. The van der Waals surface area contributed by atoms with Gasteiger partial charge in [-0.1, -0.05) is 13.0 Å². The number of halogens is 1. The van der Waals surface area contributed by atoms with Gasteiger partial charge in [0.15, 0.2) is 9.84 Å². The van der Waals surface area contributed by atoms with Gasteiger partial charge in [0.2, 0.25) is 0 Å². The predicted molar refractivity (Wildman–Crippen MR) is 142 cm³/mol. The van der Waals surface area contributed by atoms with Crippen LogP contribution in [0.15, 0.2) is 53.6 Å². The molecule has 4 rings (SSSR count). The monoisotopic (exact) mass is 539 g/mol. The number of ether oxygens (including phenoxy) is 1. The standard InChI is InChI=1S/C28H30FN3O5S/c1-3-22(33)5-4-14-38(35,36)25-10-8-23(18(2)27(25)29)28(34)32-12-13-37-24-9-6-19(15-21(24)17-32)20-7-11-26(30)31-16-20/h6-11,15-16H,3-5,12-14,17H2,1-2H3,(H2,30,31). The minimum absolute atomic E-state index is 0.0344. The Balaban J connectivity index is 1.56. The molecule has 8 nitrogen and oxygen atoms in total. The highest BCUT2D eigenvalue weighted by Crippen LogP contribution is 2.31. The van der Waals surface area contributed by atoms with Gasteiger partial charge < -0.3 is 15.4 Å². The average molecular weight is 540 g/mol. The third kappa shape index (κ3) is 5.85. The van der Waals surface area contributed by atoms with Crippen molar-refractivity contribution in [3.63, 3.8) is 0 Å². The van der Waals surface area contributed by atoms with E-state index in [-0.39, 0.29) is 55.2 Å². The minimum Gasteiger partial charge on any atom is -0.491 e. The molecule has 200 valence electrons. The van der Waals surface area contributed by atoms with E-state index in [4.69, 9.17) is 10.5 Å². The van der Waals surface area contributed by atoms with E-state index >= 15 is 4.39 Å². The zero-order valence-corrected chi connectivity index (χ0v) is 22.2. The van der Waals surface area contributed by atoms with Crippen LogP contribution in [0.2, 0.25) is 0 Å². The fourth-order valence-electron chi connectivity index (χ4n) is 4.37. The summed E-state index contributed by atoms with van der Waals surface area (Å²) >= 11 is 0. The predicted octanol–water partition coefficient (Wildman–Crippen LogP) is 4.35. The molecule has 10 heteroatoms. The Morgan fingerprint density at radius 1 is 1.13 bits per heavy atom. The van der Waals surface area contributed by atoms with Gasteiger partial charge in [-0.2, -0.15) is 0 Å². The van der Waals surface area contributed by atoms with Gasteiger partial charge in [0, 0.05) is 42.3 Å². The van der Waals surface area contributed by atoms with E-state index in [0.29, 0.717) is 18.0 Å². The molecule has 0 unspecified atom stereocenters. The lowest BCUT2D eigenvalue weighted by Crippen LogP contribution is -2.33. The molecule has 1 aliphatic heterocycles. The summed E-state index contributed by atoms with van der Waals surface area (Å²) in [4.78, 5) is 30.2. The number of nitrogen functional groups attached to an aromatic ring is 1. The van der Waals surface area contributed by atoms with E-state index in [1.165, 1.54) is 13.0 Å². The van der Waals surface area contributed by atoms with Gasteiger partial charge in [-0.05, 0) is 60.9 Å². The number of rotatable bonds is 8. The maximum Gasteiger partial charge on any atom is 0.254 e. The molecule has 0 radical (unpaired) electrons. The van der Waals surface area contributed by atoms with Gasteiger partial charge in [-0.25, -0.2) is 17.8 Å². The molecule has 0 aliphatic carbocycles. The number of pyridine rings is 1. The highest BCUT2D eigenvalue weighted by atomic mass is 32.2. The molecule has 0 saturated heterocycles. The SMILES string of the molecule is CCC(=O)CCCS(=O)(=O)c1ccc(C(=O)N2CCOc3ccc(-c4ccc(N)nc4)cc3C2)c(C)c1F. The van der Waals surface area contributed by atoms with Crippen molar-refractivity contribution in [3.8, 4) is 16.9 Å². The third-order valence-corrected chi connectivity index (χ3v) is 8.44. The van der Waals surface area contributed by atoms with E-state index in [1.54, 1.807) is 24.1 Å². The van der Waals surface area contributed by atoms with Crippen molar-refractivity contribution in [2.24, 2.45) is 0 Å². The van der Waals surface area contributed by atoms with Crippen molar-refractivity contribution in [1.29, 1.82) is 0 Å². The summed E-state index contributed by atoms with van der Waals surface area (Å²) in [5.41, 5.74) is 8.26. The number of nitrogens with two attached hydrogens (primary N) is 1. The highest BCUT2D eigenvalue weighted by molar-refractivity contribution is 7.91. The number of ketones is 1. The normalized spacial score (nSPS) is 13.4. The number of fused-ring (bicyclic) bond motifs is 1. The Morgan fingerprint density at radius 2 is 1.89 bits per heavy atom. The molecule has 3 aromatic rings. The van der Waals surface area contributed by atoms with Gasteiger partial charge in [0.25, 0.3) is 5.91 Å². The van der Waals surface area contributed by atoms with E-state index in [1.807, 2.05) is 24.3 Å². The summed E-state index contributed by atoms with van der Waals surface area (Å²) in [6.07, 6.45) is 2.24. The number of carbonyl (C=O) groups is 2. The van der Waals surface area contributed by atoms with Gasteiger partial charge >= 0.3 is 0 Å². The van der Waals surface area contributed by atoms with Crippen LogP contribution in [0.4, 0.5) is 10.2 Å². The lowest BCUT2D eigenvalue weighted by atomic mass is 10.0. The van der Waals surface area contributed by atoms with Crippen LogP contribution in [-0.2, 0) is 21.2 Å². The second-order valence-electron chi connectivity index (χ2n) is 9.23. The number of hydrogen-bond acceptors (Lipinski definition) is 7. The van der Waals surface area contributed by atoms with Crippen LogP contribution in [0.3, 0.4) is 0 Å². The topological polar surface area (TPSA) is 120 Å². The molecule has 1 amide bonds. The first-order valence-corrected chi connectivity index (χ1v) is 14.1. The number of aromatic nitrogens is 1. The lowest BCUT2D eigenvalue weighted by Gasteiger charge is -2.22. The number of Topliss-reactive ketones (excluding diaryl/α,β-unsaturated/α-hetero) is 1. The van der Waals surface area contributed by atoms with Crippen LogP contribution in [-0.4, -0.2) is 48.9 Å². The summed E-state index contributed by atoms with van der Waals surface area (Å²) in [6.45, 7) is 3.87. The molecule has 2 N–H and O–H groups in total.